The highest BCUT2D eigenvalue weighted by Crippen LogP contribution is 2.33. The van der Waals surface area contributed by atoms with Gasteiger partial charge in [-0.05, 0) is 39.0 Å². The Bertz CT molecular complexity index is 748. The molecule has 6 heteroatoms. The second kappa shape index (κ2) is 7.42. The maximum Gasteiger partial charge on any atom is 0.265 e. The third kappa shape index (κ3) is 4.02. The first-order valence-electron chi connectivity index (χ1n) is 8.35. The van der Waals surface area contributed by atoms with Gasteiger partial charge in [-0.25, -0.2) is 4.98 Å². The maximum absolute atomic E-state index is 12.5. The molecule has 0 spiro atoms. The Morgan fingerprint density at radius 1 is 1.20 bits per heavy atom. The highest BCUT2D eigenvalue weighted by Gasteiger charge is 2.33. The van der Waals surface area contributed by atoms with Gasteiger partial charge in [-0.1, -0.05) is 18.2 Å². The van der Waals surface area contributed by atoms with Crippen LogP contribution in [-0.2, 0) is 11.3 Å². The Kier molecular flexibility index (Phi) is 5.07. The zero-order valence-electron chi connectivity index (χ0n) is 14.6. The van der Waals surface area contributed by atoms with E-state index in [0.29, 0.717) is 23.9 Å². The van der Waals surface area contributed by atoms with Crippen molar-refractivity contribution in [1.29, 1.82) is 0 Å². The zero-order chi connectivity index (χ0) is 17.8. The van der Waals surface area contributed by atoms with Gasteiger partial charge in [0.15, 0.2) is 11.5 Å². The monoisotopic (exact) mass is 342 g/mol. The Morgan fingerprint density at radius 3 is 2.64 bits per heavy atom. The largest absolute Gasteiger partial charge is 0.482 e. The van der Waals surface area contributed by atoms with Gasteiger partial charge in [-0.3, -0.25) is 4.79 Å². The number of nitrogens with one attached hydrogen (secondary N) is 1. The van der Waals surface area contributed by atoms with Crippen LogP contribution < -0.4 is 19.5 Å². The van der Waals surface area contributed by atoms with Crippen LogP contribution in [-0.4, -0.2) is 29.2 Å². The van der Waals surface area contributed by atoms with Gasteiger partial charge in [-0.15, -0.1) is 0 Å². The van der Waals surface area contributed by atoms with E-state index in [2.05, 4.69) is 10.3 Å². The number of ether oxygens (including phenoxy) is 3. The number of nitrogens with zero attached hydrogens (tertiary/aromatic N) is 1. The number of carbonyl (C=O) groups excluding carboxylic acids is 1. The molecule has 2 aromatic rings. The summed E-state index contributed by atoms with van der Waals surface area (Å²) in [6, 6.07) is 11.0. The average molecular weight is 342 g/mol. The molecule has 0 saturated carbocycles. The fraction of sp³-hybridized carbons (Fsp3) is 0.368. The molecule has 0 fully saturated rings. The van der Waals surface area contributed by atoms with Crippen LogP contribution >= 0.6 is 0 Å². The summed E-state index contributed by atoms with van der Waals surface area (Å²) in [6.07, 6.45) is 0.590. The summed E-state index contributed by atoms with van der Waals surface area (Å²) < 4.78 is 17.2. The molecule has 132 valence electrons. The van der Waals surface area contributed by atoms with Gasteiger partial charge >= 0.3 is 0 Å². The summed E-state index contributed by atoms with van der Waals surface area (Å²) in [6.45, 7) is 5.99. The predicted octanol–water partition coefficient (Wildman–Crippen LogP) is 2.71. The third-order valence-corrected chi connectivity index (χ3v) is 3.75. The number of amides is 1. The number of rotatable bonds is 5. The predicted molar refractivity (Wildman–Crippen MR) is 92.8 cm³/mol. The summed E-state index contributed by atoms with van der Waals surface area (Å²) in [4.78, 5) is 16.8. The van der Waals surface area contributed by atoms with Crippen molar-refractivity contribution in [2.75, 3.05) is 0 Å². The first kappa shape index (κ1) is 17.1. The topological polar surface area (TPSA) is 69.7 Å². The Labute approximate surface area is 147 Å². The smallest absolute Gasteiger partial charge is 0.265 e. The van der Waals surface area contributed by atoms with E-state index >= 15 is 0 Å². The highest BCUT2D eigenvalue weighted by atomic mass is 16.6. The van der Waals surface area contributed by atoms with Crippen LogP contribution in [0.5, 0.6) is 17.4 Å². The average Bonchev–Trinajstić information content (AvgIpc) is 2.59. The van der Waals surface area contributed by atoms with Crippen molar-refractivity contribution in [2.45, 2.75) is 45.6 Å². The summed E-state index contributed by atoms with van der Waals surface area (Å²) in [5, 5.41) is 2.88. The summed E-state index contributed by atoms with van der Waals surface area (Å²) in [5.74, 6) is 1.52. The lowest BCUT2D eigenvalue weighted by Crippen LogP contribution is -2.48. The molecule has 1 amide bonds. The molecule has 6 nitrogen and oxygen atoms in total. The van der Waals surface area contributed by atoms with Crippen molar-refractivity contribution in [3.05, 3.63) is 48.2 Å². The van der Waals surface area contributed by atoms with Crippen LogP contribution in [0.3, 0.4) is 0 Å². The van der Waals surface area contributed by atoms with Gasteiger partial charge in [0.1, 0.15) is 6.10 Å². The molecule has 1 N–H and O–H groups in total. The summed E-state index contributed by atoms with van der Waals surface area (Å²) in [5.41, 5.74) is 0.814. The number of hydrogen-bond acceptors (Lipinski definition) is 5. The van der Waals surface area contributed by atoms with Crippen LogP contribution in [0.4, 0.5) is 0 Å². The van der Waals surface area contributed by atoms with E-state index in [9.17, 15) is 4.79 Å². The van der Waals surface area contributed by atoms with Gasteiger partial charge in [0.2, 0.25) is 12.0 Å². The molecule has 1 aliphatic rings. The minimum atomic E-state index is -0.707. The lowest BCUT2D eigenvalue weighted by molar-refractivity contribution is -0.133. The molecule has 1 aromatic heterocycles. The zero-order valence-corrected chi connectivity index (χ0v) is 14.6. The molecule has 0 aliphatic carbocycles. The van der Waals surface area contributed by atoms with Gasteiger partial charge in [-0.2, -0.15) is 0 Å². The maximum atomic E-state index is 12.5. The fourth-order valence-corrected chi connectivity index (χ4v) is 2.58. The standard InChI is InChI=1S/C19H22N2O4/c1-12(2)23-19-14(7-6-10-20-19)11-21-18(22)17-13(3)24-15-8-4-5-9-16(15)25-17/h4-10,12-13,17H,11H2,1-3H3,(H,21,22)/t13-,17-/m0/s1. The molecule has 0 unspecified atom stereocenters. The lowest BCUT2D eigenvalue weighted by atomic mass is 10.1. The van der Waals surface area contributed by atoms with Crippen molar-refractivity contribution in [1.82, 2.24) is 10.3 Å². The van der Waals surface area contributed by atoms with Crippen LogP contribution in [0.15, 0.2) is 42.6 Å². The number of fused-ring (bicyclic) bond motifs is 1. The summed E-state index contributed by atoms with van der Waals surface area (Å²) >= 11 is 0. The Balaban J connectivity index is 1.66. The van der Waals surface area contributed by atoms with Crippen LogP contribution in [0.25, 0.3) is 0 Å². The highest BCUT2D eigenvalue weighted by molar-refractivity contribution is 5.82. The lowest BCUT2D eigenvalue weighted by Gasteiger charge is -2.31. The van der Waals surface area contributed by atoms with Crippen molar-refractivity contribution in [3.8, 4) is 17.4 Å². The number of hydrogen-bond donors (Lipinski definition) is 1. The van der Waals surface area contributed by atoms with Crippen LogP contribution in [0.2, 0.25) is 0 Å². The first-order chi connectivity index (χ1) is 12.0. The van der Waals surface area contributed by atoms with Gasteiger partial charge < -0.3 is 19.5 Å². The van der Waals surface area contributed by atoms with Crippen molar-refractivity contribution < 1.29 is 19.0 Å². The normalized spacial score (nSPS) is 18.7. The van der Waals surface area contributed by atoms with Crippen LogP contribution in [0, 0.1) is 0 Å². The number of pyridine rings is 1. The third-order valence-electron chi connectivity index (χ3n) is 3.75. The van der Waals surface area contributed by atoms with E-state index in [1.807, 2.05) is 51.1 Å². The first-order valence-corrected chi connectivity index (χ1v) is 8.35. The minimum absolute atomic E-state index is 0.0101. The van der Waals surface area contributed by atoms with Crippen molar-refractivity contribution >= 4 is 5.91 Å². The van der Waals surface area contributed by atoms with E-state index in [4.69, 9.17) is 14.2 Å². The number of para-hydroxylation sites is 2. The second-order valence-electron chi connectivity index (χ2n) is 6.16. The Hall–Kier alpha value is -2.76. The molecule has 1 aromatic carbocycles. The molecule has 0 bridgehead atoms. The molecule has 2 atom stereocenters. The Morgan fingerprint density at radius 2 is 1.92 bits per heavy atom. The molecular formula is C19H22N2O4. The second-order valence-corrected chi connectivity index (χ2v) is 6.16. The van der Waals surface area contributed by atoms with E-state index in [1.165, 1.54) is 0 Å². The van der Waals surface area contributed by atoms with Gasteiger partial charge in [0.25, 0.3) is 5.91 Å². The van der Waals surface area contributed by atoms with Crippen molar-refractivity contribution in [3.63, 3.8) is 0 Å². The van der Waals surface area contributed by atoms with E-state index in [-0.39, 0.29) is 18.1 Å². The number of benzene rings is 1. The van der Waals surface area contributed by atoms with E-state index < -0.39 is 6.10 Å². The quantitative estimate of drug-likeness (QED) is 0.905. The van der Waals surface area contributed by atoms with E-state index in [1.54, 1.807) is 12.3 Å². The van der Waals surface area contributed by atoms with Crippen molar-refractivity contribution in [2.24, 2.45) is 0 Å². The molecule has 25 heavy (non-hydrogen) atoms. The molecule has 2 heterocycles. The van der Waals surface area contributed by atoms with Crippen LogP contribution in [0.1, 0.15) is 26.3 Å². The molecule has 0 radical (unpaired) electrons. The van der Waals surface area contributed by atoms with Gasteiger partial charge in [0, 0.05) is 18.3 Å². The molecule has 3 rings (SSSR count). The molecule has 1 aliphatic heterocycles. The summed E-state index contributed by atoms with van der Waals surface area (Å²) in [7, 11) is 0. The fourth-order valence-electron chi connectivity index (χ4n) is 2.58. The number of carbonyl (C=O) groups is 1. The molecular weight excluding hydrogens is 320 g/mol. The van der Waals surface area contributed by atoms with Gasteiger partial charge in [0.05, 0.1) is 6.10 Å². The molecule has 0 saturated heterocycles. The number of aromatic nitrogens is 1. The van der Waals surface area contributed by atoms with E-state index in [0.717, 1.165) is 5.56 Å². The SMILES string of the molecule is CC(C)Oc1ncccc1CNC(=O)[C@H]1Oc2ccccc2O[C@H]1C. The minimum Gasteiger partial charge on any atom is -0.482 e.